The number of carbonyl (C=O) groups is 1. The molecule has 0 aliphatic carbocycles. The van der Waals surface area contributed by atoms with Crippen LogP contribution in [-0.2, 0) is 4.79 Å². The maximum absolute atomic E-state index is 11.2. The molecule has 0 fully saturated rings. The first kappa shape index (κ1) is 13.5. The summed E-state index contributed by atoms with van der Waals surface area (Å²) in [5.74, 6) is -0.0439. The van der Waals surface area contributed by atoms with E-state index in [1.807, 2.05) is 24.3 Å². The summed E-state index contributed by atoms with van der Waals surface area (Å²) >= 11 is 0. The van der Waals surface area contributed by atoms with Crippen LogP contribution < -0.4 is 10.2 Å². The Bertz CT molecular complexity index is 382. The third-order valence-electron chi connectivity index (χ3n) is 2.46. The lowest BCUT2D eigenvalue weighted by atomic mass is 10.2. The Morgan fingerprint density at radius 3 is 2.82 bits per heavy atom. The van der Waals surface area contributed by atoms with Gasteiger partial charge in [0, 0.05) is 31.9 Å². The number of benzene rings is 1. The largest absolute Gasteiger partial charge is 0.394 e. The van der Waals surface area contributed by atoms with Crippen molar-refractivity contribution in [3.05, 3.63) is 24.3 Å². The van der Waals surface area contributed by atoms with Gasteiger partial charge in [0.05, 0.1) is 12.7 Å². The van der Waals surface area contributed by atoms with E-state index in [4.69, 9.17) is 5.11 Å². The number of aliphatic hydroxyl groups is 2. The molecule has 0 aromatic heterocycles. The molecule has 1 atom stereocenters. The molecule has 0 spiro atoms. The SMILES string of the molecule is CC(=O)N(C)c1cccc(NCC(O)CO)c1. The normalized spacial score (nSPS) is 12.0. The predicted molar refractivity (Wildman–Crippen MR) is 67.1 cm³/mol. The van der Waals surface area contributed by atoms with Crippen molar-refractivity contribution < 1.29 is 15.0 Å². The molecule has 17 heavy (non-hydrogen) atoms. The number of nitrogens with zero attached hydrogens (tertiary/aromatic N) is 1. The lowest BCUT2D eigenvalue weighted by Gasteiger charge is -2.17. The Morgan fingerprint density at radius 1 is 1.53 bits per heavy atom. The van der Waals surface area contributed by atoms with Crippen LogP contribution in [0.3, 0.4) is 0 Å². The van der Waals surface area contributed by atoms with Gasteiger partial charge in [-0.05, 0) is 18.2 Å². The highest BCUT2D eigenvalue weighted by atomic mass is 16.3. The summed E-state index contributed by atoms with van der Waals surface area (Å²) in [5.41, 5.74) is 1.57. The van der Waals surface area contributed by atoms with Gasteiger partial charge in [0.2, 0.25) is 5.91 Å². The van der Waals surface area contributed by atoms with Crippen LogP contribution in [0.25, 0.3) is 0 Å². The second-order valence-corrected chi connectivity index (χ2v) is 3.85. The Balaban J connectivity index is 2.69. The number of aliphatic hydroxyl groups excluding tert-OH is 2. The maximum atomic E-state index is 11.2. The molecule has 0 saturated heterocycles. The summed E-state index contributed by atoms with van der Waals surface area (Å²) in [7, 11) is 1.70. The summed E-state index contributed by atoms with van der Waals surface area (Å²) in [6.07, 6.45) is -0.788. The molecule has 1 unspecified atom stereocenters. The van der Waals surface area contributed by atoms with Crippen molar-refractivity contribution in [3.63, 3.8) is 0 Å². The fourth-order valence-electron chi connectivity index (χ4n) is 1.31. The molecule has 1 amide bonds. The first-order valence-corrected chi connectivity index (χ1v) is 5.41. The van der Waals surface area contributed by atoms with Crippen molar-refractivity contribution >= 4 is 17.3 Å². The fourth-order valence-corrected chi connectivity index (χ4v) is 1.31. The molecule has 94 valence electrons. The zero-order chi connectivity index (χ0) is 12.8. The van der Waals surface area contributed by atoms with E-state index in [-0.39, 0.29) is 19.1 Å². The molecule has 0 aliphatic rings. The van der Waals surface area contributed by atoms with Gasteiger partial charge in [-0.1, -0.05) is 6.07 Å². The first-order chi connectivity index (χ1) is 8.04. The molecule has 1 rings (SSSR count). The number of anilines is 2. The van der Waals surface area contributed by atoms with Gasteiger partial charge in [-0.15, -0.1) is 0 Å². The Hall–Kier alpha value is -1.59. The standard InChI is InChI=1S/C12H18N2O3/c1-9(16)14(2)11-5-3-4-10(6-11)13-7-12(17)8-15/h3-6,12-13,15,17H,7-8H2,1-2H3. The minimum absolute atomic E-state index is 0.0439. The second-order valence-electron chi connectivity index (χ2n) is 3.85. The lowest BCUT2D eigenvalue weighted by molar-refractivity contribution is -0.116. The van der Waals surface area contributed by atoms with Gasteiger partial charge in [-0.3, -0.25) is 4.79 Å². The third kappa shape index (κ3) is 4.05. The average molecular weight is 238 g/mol. The zero-order valence-corrected chi connectivity index (χ0v) is 10.1. The highest BCUT2D eigenvalue weighted by molar-refractivity contribution is 5.91. The van der Waals surface area contributed by atoms with E-state index in [0.29, 0.717) is 0 Å². The van der Waals surface area contributed by atoms with E-state index < -0.39 is 6.10 Å². The molecule has 0 radical (unpaired) electrons. The van der Waals surface area contributed by atoms with E-state index in [1.165, 1.54) is 11.8 Å². The number of amides is 1. The van der Waals surface area contributed by atoms with Crippen LogP contribution in [0.15, 0.2) is 24.3 Å². The van der Waals surface area contributed by atoms with Gasteiger partial charge in [0.1, 0.15) is 0 Å². The van der Waals surface area contributed by atoms with E-state index in [2.05, 4.69) is 5.32 Å². The number of hydrogen-bond donors (Lipinski definition) is 3. The van der Waals surface area contributed by atoms with Crippen molar-refractivity contribution in [2.45, 2.75) is 13.0 Å². The Kier molecular flexibility index (Phi) is 4.93. The van der Waals surface area contributed by atoms with Crippen molar-refractivity contribution in [3.8, 4) is 0 Å². The zero-order valence-electron chi connectivity index (χ0n) is 10.1. The molecular weight excluding hydrogens is 220 g/mol. The van der Waals surface area contributed by atoms with Crippen LogP contribution in [0.2, 0.25) is 0 Å². The van der Waals surface area contributed by atoms with E-state index >= 15 is 0 Å². The van der Waals surface area contributed by atoms with E-state index in [9.17, 15) is 9.90 Å². The highest BCUT2D eigenvalue weighted by Gasteiger charge is 2.06. The van der Waals surface area contributed by atoms with Gasteiger partial charge < -0.3 is 20.4 Å². The fraction of sp³-hybridized carbons (Fsp3) is 0.417. The summed E-state index contributed by atoms with van der Waals surface area (Å²) in [5, 5.41) is 20.9. The number of carbonyl (C=O) groups excluding carboxylic acids is 1. The summed E-state index contributed by atoms with van der Waals surface area (Å²) in [6.45, 7) is 1.49. The van der Waals surface area contributed by atoms with Crippen molar-refractivity contribution in [1.82, 2.24) is 0 Å². The predicted octanol–water partition coefficient (Wildman–Crippen LogP) is 0.434. The van der Waals surface area contributed by atoms with Crippen LogP contribution >= 0.6 is 0 Å². The molecule has 5 nitrogen and oxygen atoms in total. The molecule has 1 aromatic rings. The first-order valence-electron chi connectivity index (χ1n) is 5.41. The van der Waals surface area contributed by atoms with Crippen molar-refractivity contribution in [2.75, 3.05) is 30.4 Å². The van der Waals surface area contributed by atoms with Gasteiger partial charge in [-0.2, -0.15) is 0 Å². The van der Waals surface area contributed by atoms with Gasteiger partial charge in [0.25, 0.3) is 0 Å². The number of nitrogens with one attached hydrogen (secondary N) is 1. The molecule has 3 N–H and O–H groups in total. The van der Waals surface area contributed by atoms with E-state index in [1.54, 1.807) is 7.05 Å². The summed E-state index contributed by atoms with van der Waals surface area (Å²) < 4.78 is 0. The minimum atomic E-state index is -0.788. The molecule has 1 aromatic carbocycles. The third-order valence-corrected chi connectivity index (χ3v) is 2.46. The molecule has 0 aliphatic heterocycles. The second kappa shape index (κ2) is 6.22. The number of hydrogen-bond acceptors (Lipinski definition) is 4. The molecule has 0 heterocycles. The van der Waals surface area contributed by atoms with Gasteiger partial charge in [-0.25, -0.2) is 0 Å². The monoisotopic (exact) mass is 238 g/mol. The molecule has 5 heteroatoms. The topological polar surface area (TPSA) is 72.8 Å². The van der Waals surface area contributed by atoms with Gasteiger partial charge >= 0.3 is 0 Å². The summed E-state index contributed by atoms with van der Waals surface area (Å²) in [4.78, 5) is 12.7. The highest BCUT2D eigenvalue weighted by Crippen LogP contribution is 2.18. The molecular formula is C12H18N2O3. The maximum Gasteiger partial charge on any atom is 0.223 e. The quantitative estimate of drug-likeness (QED) is 0.695. The van der Waals surface area contributed by atoms with Gasteiger partial charge in [0.15, 0.2) is 0 Å². The van der Waals surface area contributed by atoms with E-state index in [0.717, 1.165) is 11.4 Å². The molecule has 0 saturated carbocycles. The number of rotatable bonds is 5. The minimum Gasteiger partial charge on any atom is -0.394 e. The van der Waals surface area contributed by atoms with Crippen LogP contribution in [0.4, 0.5) is 11.4 Å². The average Bonchev–Trinajstić information content (AvgIpc) is 2.35. The molecule has 0 bridgehead atoms. The lowest BCUT2D eigenvalue weighted by Crippen LogP contribution is -2.24. The van der Waals surface area contributed by atoms with Crippen LogP contribution in [-0.4, -0.2) is 42.4 Å². The van der Waals surface area contributed by atoms with Crippen LogP contribution in [0, 0.1) is 0 Å². The summed E-state index contributed by atoms with van der Waals surface area (Å²) in [6, 6.07) is 7.30. The Morgan fingerprint density at radius 2 is 2.24 bits per heavy atom. The Labute approximate surface area is 101 Å². The van der Waals surface area contributed by atoms with Crippen molar-refractivity contribution in [2.24, 2.45) is 0 Å². The van der Waals surface area contributed by atoms with Crippen molar-refractivity contribution in [1.29, 1.82) is 0 Å². The van der Waals surface area contributed by atoms with Crippen LogP contribution in [0.1, 0.15) is 6.92 Å². The van der Waals surface area contributed by atoms with Crippen LogP contribution in [0.5, 0.6) is 0 Å². The smallest absolute Gasteiger partial charge is 0.223 e.